The molecule has 1 atom stereocenters. The Morgan fingerprint density at radius 2 is 1.85 bits per heavy atom. The Bertz CT molecular complexity index is 594. The number of hydrogen-bond acceptors (Lipinski definition) is 2. The number of hydrogen-bond donors (Lipinski definition) is 0. The summed E-state index contributed by atoms with van der Waals surface area (Å²) in [6.07, 6.45) is 4.18. The van der Waals surface area contributed by atoms with Crippen LogP contribution in [0.4, 0.5) is 0 Å². The number of pyridine rings is 1. The summed E-state index contributed by atoms with van der Waals surface area (Å²) in [6.45, 7) is 0. The largest absolute Gasteiger partial charge is 0.384 e. The maximum atomic E-state index is 5.97. The average Bonchev–Trinajstić information content (AvgIpc) is 2.41. The molecule has 0 fully saturated rings. The van der Waals surface area contributed by atoms with E-state index >= 15 is 0 Å². The van der Waals surface area contributed by atoms with Crippen molar-refractivity contribution in [2.45, 2.75) is 5.92 Å². The molecular formula is C16H16BrClN2. The highest BCUT2D eigenvalue weighted by atomic mass is 79.9. The second-order valence-corrected chi connectivity index (χ2v) is 5.97. The van der Waals surface area contributed by atoms with Crippen molar-refractivity contribution in [2.24, 2.45) is 0 Å². The summed E-state index contributed by atoms with van der Waals surface area (Å²) in [5.74, 6) is 0.104. The van der Waals surface area contributed by atoms with Gasteiger partial charge in [-0.2, -0.15) is 0 Å². The molecule has 2 nitrogen and oxygen atoms in total. The Balaban J connectivity index is 2.41. The molecule has 0 saturated carbocycles. The summed E-state index contributed by atoms with van der Waals surface area (Å²) in [5, 5.41) is 0.742. The van der Waals surface area contributed by atoms with E-state index in [1.165, 1.54) is 0 Å². The fourth-order valence-electron chi connectivity index (χ4n) is 1.91. The highest BCUT2D eigenvalue weighted by molar-refractivity contribution is 9.10. The van der Waals surface area contributed by atoms with Crippen molar-refractivity contribution < 1.29 is 0 Å². The molecule has 2 aromatic rings. The van der Waals surface area contributed by atoms with Crippen molar-refractivity contribution >= 4 is 27.5 Å². The van der Waals surface area contributed by atoms with Crippen LogP contribution in [-0.2, 0) is 0 Å². The maximum Gasteiger partial charge on any atom is 0.106 e. The lowest BCUT2D eigenvalue weighted by Crippen LogP contribution is -2.05. The summed E-state index contributed by atoms with van der Waals surface area (Å²) in [4.78, 5) is 6.58. The summed E-state index contributed by atoms with van der Waals surface area (Å²) in [7, 11) is 4.01. The van der Waals surface area contributed by atoms with Crippen LogP contribution in [0.3, 0.4) is 0 Å². The standard InChI is InChI=1S/C16H16BrClN2/c1-20(2)11-10-14(12-6-8-13(18)9-7-12)15-4-3-5-16(17)19-15/h3-11,14H,1-2H3/b11-10-. The Labute approximate surface area is 133 Å². The molecule has 104 valence electrons. The van der Waals surface area contributed by atoms with Gasteiger partial charge in [0.15, 0.2) is 0 Å². The van der Waals surface area contributed by atoms with Crippen molar-refractivity contribution in [2.75, 3.05) is 14.1 Å². The minimum absolute atomic E-state index is 0.104. The summed E-state index contributed by atoms with van der Waals surface area (Å²) < 4.78 is 0.840. The van der Waals surface area contributed by atoms with Crippen molar-refractivity contribution in [3.05, 3.63) is 75.6 Å². The number of rotatable bonds is 4. The molecule has 0 N–H and O–H groups in total. The van der Waals surface area contributed by atoms with Crippen molar-refractivity contribution in [3.63, 3.8) is 0 Å². The molecule has 1 aromatic heterocycles. The Morgan fingerprint density at radius 1 is 1.15 bits per heavy atom. The quantitative estimate of drug-likeness (QED) is 0.742. The molecule has 1 heterocycles. The van der Waals surface area contributed by atoms with E-state index < -0.39 is 0 Å². The fourth-order valence-corrected chi connectivity index (χ4v) is 2.39. The van der Waals surface area contributed by atoms with Gasteiger partial charge in [-0.05, 0) is 52.0 Å². The molecule has 1 unspecified atom stereocenters. The molecule has 0 radical (unpaired) electrons. The summed E-state index contributed by atoms with van der Waals surface area (Å²) in [6, 6.07) is 13.9. The normalized spacial score (nSPS) is 12.6. The summed E-state index contributed by atoms with van der Waals surface area (Å²) >= 11 is 9.39. The number of benzene rings is 1. The second kappa shape index (κ2) is 6.91. The molecular weight excluding hydrogens is 336 g/mol. The Morgan fingerprint density at radius 3 is 2.45 bits per heavy atom. The lowest BCUT2D eigenvalue weighted by molar-refractivity contribution is 0.560. The van der Waals surface area contributed by atoms with E-state index in [2.05, 4.69) is 27.0 Å². The topological polar surface area (TPSA) is 16.1 Å². The first-order valence-electron chi connectivity index (χ1n) is 6.29. The van der Waals surface area contributed by atoms with Crippen molar-refractivity contribution in [1.82, 2.24) is 9.88 Å². The number of allylic oxidation sites excluding steroid dienone is 1. The molecule has 1 aromatic carbocycles. The molecule has 0 aliphatic carbocycles. The Kier molecular flexibility index (Phi) is 5.21. The van der Waals surface area contributed by atoms with Gasteiger partial charge < -0.3 is 4.90 Å². The third-order valence-electron chi connectivity index (χ3n) is 2.86. The van der Waals surface area contributed by atoms with Crippen LogP contribution in [0, 0.1) is 0 Å². The van der Waals surface area contributed by atoms with Gasteiger partial charge in [-0.15, -0.1) is 0 Å². The molecule has 0 aliphatic heterocycles. The second-order valence-electron chi connectivity index (χ2n) is 4.72. The van der Waals surface area contributed by atoms with E-state index in [0.717, 1.165) is 20.9 Å². The smallest absolute Gasteiger partial charge is 0.106 e. The molecule has 2 rings (SSSR count). The van der Waals surface area contributed by atoms with Crippen molar-refractivity contribution in [1.29, 1.82) is 0 Å². The van der Waals surface area contributed by atoms with Gasteiger partial charge in [0.25, 0.3) is 0 Å². The molecule has 4 heteroatoms. The summed E-state index contributed by atoms with van der Waals surface area (Å²) in [5.41, 5.74) is 2.16. The third-order valence-corrected chi connectivity index (χ3v) is 3.55. The SMILES string of the molecule is CN(C)/C=C\C(c1ccc(Cl)cc1)c1cccc(Br)n1. The third kappa shape index (κ3) is 4.09. The van der Waals surface area contributed by atoms with Gasteiger partial charge in [0.1, 0.15) is 4.60 Å². The van der Waals surface area contributed by atoms with E-state index in [9.17, 15) is 0 Å². The van der Waals surface area contributed by atoms with Gasteiger partial charge in [-0.3, -0.25) is 0 Å². The highest BCUT2D eigenvalue weighted by Gasteiger charge is 2.13. The predicted molar refractivity (Wildman–Crippen MR) is 88.1 cm³/mol. The van der Waals surface area contributed by atoms with E-state index in [4.69, 9.17) is 11.6 Å². The van der Waals surface area contributed by atoms with Gasteiger partial charge in [-0.1, -0.05) is 35.9 Å². The van der Waals surface area contributed by atoms with E-state index in [-0.39, 0.29) is 5.92 Å². The number of nitrogens with zero attached hydrogens (tertiary/aromatic N) is 2. The zero-order valence-electron chi connectivity index (χ0n) is 11.4. The van der Waals surface area contributed by atoms with E-state index in [1.54, 1.807) is 0 Å². The highest BCUT2D eigenvalue weighted by Crippen LogP contribution is 2.27. The molecule has 0 aliphatic rings. The molecule has 0 spiro atoms. The molecule has 20 heavy (non-hydrogen) atoms. The minimum Gasteiger partial charge on any atom is -0.384 e. The monoisotopic (exact) mass is 350 g/mol. The van der Waals surface area contributed by atoms with Crippen molar-refractivity contribution in [3.8, 4) is 0 Å². The van der Waals surface area contributed by atoms with Crippen LogP contribution < -0.4 is 0 Å². The first-order valence-corrected chi connectivity index (χ1v) is 7.46. The van der Waals surface area contributed by atoms with Gasteiger partial charge in [0.05, 0.1) is 5.69 Å². The van der Waals surface area contributed by atoms with Gasteiger partial charge in [-0.25, -0.2) is 4.98 Å². The lowest BCUT2D eigenvalue weighted by atomic mass is 9.95. The fraction of sp³-hybridized carbons (Fsp3) is 0.188. The first-order chi connectivity index (χ1) is 9.56. The van der Waals surface area contributed by atoms with Crippen LogP contribution in [0.5, 0.6) is 0 Å². The average molecular weight is 352 g/mol. The zero-order valence-corrected chi connectivity index (χ0v) is 13.8. The van der Waals surface area contributed by atoms with Crippen LogP contribution in [-0.4, -0.2) is 24.0 Å². The van der Waals surface area contributed by atoms with Crippen LogP contribution in [0.2, 0.25) is 5.02 Å². The zero-order chi connectivity index (χ0) is 14.5. The van der Waals surface area contributed by atoms with Crippen LogP contribution >= 0.6 is 27.5 Å². The van der Waals surface area contributed by atoms with Gasteiger partial charge >= 0.3 is 0 Å². The molecule has 0 bridgehead atoms. The number of aromatic nitrogens is 1. The van der Waals surface area contributed by atoms with E-state index in [1.807, 2.05) is 67.7 Å². The van der Waals surface area contributed by atoms with Gasteiger partial charge in [0, 0.05) is 25.0 Å². The van der Waals surface area contributed by atoms with Gasteiger partial charge in [0.2, 0.25) is 0 Å². The van der Waals surface area contributed by atoms with Crippen LogP contribution in [0.25, 0.3) is 0 Å². The Hall–Kier alpha value is -1.32. The molecule has 0 amide bonds. The first kappa shape index (κ1) is 15.1. The number of halogens is 2. The molecule has 0 saturated heterocycles. The van der Waals surface area contributed by atoms with E-state index in [0.29, 0.717) is 0 Å². The van der Waals surface area contributed by atoms with Crippen LogP contribution in [0.1, 0.15) is 17.2 Å². The maximum absolute atomic E-state index is 5.97. The minimum atomic E-state index is 0.104. The predicted octanol–water partition coefficient (Wildman–Crippen LogP) is 4.70. The lowest BCUT2D eigenvalue weighted by Gasteiger charge is -2.15. The van der Waals surface area contributed by atoms with Crippen LogP contribution in [0.15, 0.2) is 59.3 Å².